The van der Waals surface area contributed by atoms with Crippen LogP contribution in [0, 0.1) is 12.3 Å². The lowest BCUT2D eigenvalue weighted by Gasteiger charge is -2.24. The molecule has 0 aliphatic carbocycles. The molecule has 27 heavy (non-hydrogen) atoms. The summed E-state index contributed by atoms with van der Waals surface area (Å²) in [5.41, 5.74) is 0.863. The van der Waals surface area contributed by atoms with Crippen LogP contribution in [0.1, 0.15) is 31.9 Å². The number of nitrogens with zero attached hydrogens (tertiary/aromatic N) is 1. The van der Waals surface area contributed by atoms with Gasteiger partial charge in [0.05, 0.1) is 12.0 Å². The summed E-state index contributed by atoms with van der Waals surface area (Å²) in [5.74, 6) is 0.511. The van der Waals surface area contributed by atoms with Crippen molar-refractivity contribution in [1.29, 1.82) is 0 Å². The minimum absolute atomic E-state index is 0. The fraction of sp³-hybridized carbons (Fsp3) is 0.556. The molecule has 0 bridgehead atoms. The Morgan fingerprint density at radius 3 is 2.52 bits per heavy atom. The molecule has 1 rings (SSSR count). The number of hydrogen-bond donors (Lipinski definition) is 3. The van der Waals surface area contributed by atoms with E-state index in [0.29, 0.717) is 24.6 Å². The number of guanidine groups is 1. The Labute approximate surface area is 176 Å². The number of alkyl halides is 2. The monoisotopic (exact) mass is 498 g/mol. The fourth-order valence-corrected chi connectivity index (χ4v) is 2.27. The third kappa shape index (κ3) is 8.72. The van der Waals surface area contributed by atoms with E-state index in [2.05, 4.69) is 25.7 Å². The normalized spacial score (nSPS) is 11.6. The molecule has 0 spiro atoms. The number of hydrogen-bond acceptors (Lipinski definition) is 3. The Balaban J connectivity index is 0.00000676. The zero-order valence-electron chi connectivity index (χ0n) is 16.4. The van der Waals surface area contributed by atoms with Crippen LogP contribution in [-0.2, 0) is 11.3 Å². The van der Waals surface area contributed by atoms with E-state index in [1.54, 1.807) is 19.2 Å². The highest BCUT2D eigenvalue weighted by atomic mass is 127. The summed E-state index contributed by atoms with van der Waals surface area (Å²) >= 11 is 0. The van der Waals surface area contributed by atoms with Gasteiger partial charge >= 0.3 is 6.61 Å². The summed E-state index contributed by atoms with van der Waals surface area (Å²) in [4.78, 5) is 16.3. The van der Waals surface area contributed by atoms with Gasteiger partial charge in [-0.25, -0.2) is 4.99 Å². The standard InChI is InChI=1S/C18H28F2N4O2.HI/c1-6-22-17(24-11-18(3,4)15(25)21-5)23-10-13-9-12(2)7-8-14(13)26-16(19)20;/h7-9,16H,6,10-11H2,1-5H3,(H,21,25)(H2,22,23,24);1H. The first-order valence-corrected chi connectivity index (χ1v) is 8.48. The Kier molecular flexibility index (Phi) is 11.2. The highest BCUT2D eigenvalue weighted by Gasteiger charge is 2.26. The van der Waals surface area contributed by atoms with Gasteiger partial charge in [-0.1, -0.05) is 17.7 Å². The van der Waals surface area contributed by atoms with Crippen LogP contribution < -0.4 is 20.7 Å². The molecule has 0 heterocycles. The van der Waals surface area contributed by atoms with Crippen LogP contribution in [-0.4, -0.2) is 38.6 Å². The van der Waals surface area contributed by atoms with Gasteiger partial charge in [-0.2, -0.15) is 8.78 Å². The van der Waals surface area contributed by atoms with Crippen molar-refractivity contribution in [3.63, 3.8) is 0 Å². The van der Waals surface area contributed by atoms with Crippen LogP contribution in [0.25, 0.3) is 0 Å². The highest BCUT2D eigenvalue weighted by molar-refractivity contribution is 14.0. The topological polar surface area (TPSA) is 74.8 Å². The van der Waals surface area contributed by atoms with E-state index >= 15 is 0 Å². The van der Waals surface area contributed by atoms with E-state index in [0.717, 1.165) is 5.56 Å². The predicted octanol–water partition coefficient (Wildman–Crippen LogP) is 3.04. The molecule has 9 heteroatoms. The van der Waals surface area contributed by atoms with Gasteiger partial charge in [0.15, 0.2) is 5.96 Å². The summed E-state index contributed by atoms with van der Waals surface area (Å²) in [6.07, 6.45) is 0. The summed E-state index contributed by atoms with van der Waals surface area (Å²) in [6.45, 7) is 5.69. The lowest BCUT2D eigenvalue weighted by Crippen LogP contribution is -2.47. The first-order valence-electron chi connectivity index (χ1n) is 8.48. The number of carbonyl (C=O) groups excluding carboxylic acids is 1. The van der Waals surface area contributed by atoms with Crippen LogP contribution in [0.5, 0.6) is 5.75 Å². The highest BCUT2D eigenvalue weighted by Crippen LogP contribution is 2.23. The molecule has 0 aromatic heterocycles. The number of benzene rings is 1. The van der Waals surface area contributed by atoms with E-state index in [-0.39, 0.29) is 42.2 Å². The molecule has 6 nitrogen and oxygen atoms in total. The summed E-state index contributed by atoms with van der Waals surface area (Å²) in [5, 5.41) is 8.81. The molecule has 0 atom stereocenters. The number of rotatable bonds is 8. The third-order valence-electron chi connectivity index (χ3n) is 3.72. The number of carbonyl (C=O) groups is 1. The molecule has 1 aromatic rings. The van der Waals surface area contributed by atoms with Gasteiger partial charge in [-0.3, -0.25) is 4.79 Å². The zero-order chi connectivity index (χ0) is 19.7. The molecule has 0 radical (unpaired) electrons. The molecule has 0 saturated carbocycles. The van der Waals surface area contributed by atoms with Gasteiger partial charge < -0.3 is 20.7 Å². The third-order valence-corrected chi connectivity index (χ3v) is 3.72. The number of aliphatic imine (C=N–C) groups is 1. The summed E-state index contributed by atoms with van der Waals surface area (Å²) in [7, 11) is 1.59. The van der Waals surface area contributed by atoms with Gasteiger partial charge in [0.25, 0.3) is 0 Å². The van der Waals surface area contributed by atoms with Gasteiger partial charge in [0.2, 0.25) is 5.91 Å². The number of halogens is 3. The largest absolute Gasteiger partial charge is 0.434 e. The first kappa shape index (κ1) is 25.4. The molecule has 154 valence electrons. The Bertz CT molecular complexity index is 640. The summed E-state index contributed by atoms with van der Waals surface area (Å²) in [6, 6.07) is 4.99. The first-order chi connectivity index (χ1) is 12.2. The molecular formula is C18H29F2IN4O2. The van der Waals surface area contributed by atoms with E-state index in [4.69, 9.17) is 0 Å². The molecule has 1 aromatic carbocycles. The van der Waals surface area contributed by atoms with E-state index in [1.807, 2.05) is 27.7 Å². The summed E-state index contributed by atoms with van der Waals surface area (Å²) < 4.78 is 29.7. The molecule has 3 N–H and O–H groups in total. The van der Waals surface area contributed by atoms with Crippen molar-refractivity contribution in [2.75, 3.05) is 20.1 Å². The predicted molar refractivity (Wildman–Crippen MR) is 114 cm³/mol. The van der Waals surface area contributed by atoms with Crippen molar-refractivity contribution < 1.29 is 18.3 Å². The maximum atomic E-state index is 12.6. The Morgan fingerprint density at radius 2 is 1.96 bits per heavy atom. The number of ether oxygens (including phenoxy) is 1. The average molecular weight is 498 g/mol. The van der Waals surface area contributed by atoms with Crippen LogP contribution >= 0.6 is 24.0 Å². The molecule has 0 aliphatic heterocycles. The number of nitrogens with one attached hydrogen (secondary N) is 3. The van der Waals surface area contributed by atoms with Crippen molar-refractivity contribution in [1.82, 2.24) is 16.0 Å². The van der Waals surface area contributed by atoms with Gasteiger partial charge in [-0.05, 0) is 33.8 Å². The molecule has 0 unspecified atom stereocenters. The average Bonchev–Trinajstić information content (AvgIpc) is 2.58. The van der Waals surface area contributed by atoms with Crippen LogP contribution in [0.2, 0.25) is 0 Å². The van der Waals surface area contributed by atoms with Gasteiger partial charge in [0.1, 0.15) is 5.75 Å². The van der Waals surface area contributed by atoms with Crippen molar-refractivity contribution in [2.24, 2.45) is 10.4 Å². The zero-order valence-corrected chi connectivity index (χ0v) is 18.7. The second-order valence-electron chi connectivity index (χ2n) is 6.50. The second kappa shape index (κ2) is 11.9. The maximum Gasteiger partial charge on any atom is 0.387 e. The second-order valence-corrected chi connectivity index (χ2v) is 6.50. The lowest BCUT2D eigenvalue weighted by atomic mass is 9.92. The SMILES string of the molecule is CCNC(=NCc1cc(C)ccc1OC(F)F)NCC(C)(C)C(=O)NC.I. The lowest BCUT2D eigenvalue weighted by molar-refractivity contribution is -0.128. The fourth-order valence-electron chi connectivity index (χ4n) is 2.27. The van der Waals surface area contributed by atoms with Crippen molar-refractivity contribution in [3.8, 4) is 5.75 Å². The maximum absolute atomic E-state index is 12.6. The van der Waals surface area contributed by atoms with Gasteiger partial charge in [-0.15, -0.1) is 24.0 Å². The molecule has 1 amide bonds. The Morgan fingerprint density at radius 1 is 1.30 bits per heavy atom. The molecular weight excluding hydrogens is 469 g/mol. The van der Waals surface area contributed by atoms with Crippen LogP contribution in [0.15, 0.2) is 23.2 Å². The number of amides is 1. The minimum atomic E-state index is -2.89. The van der Waals surface area contributed by atoms with Crippen molar-refractivity contribution in [2.45, 2.75) is 40.9 Å². The smallest absolute Gasteiger partial charge is 0.387 e. The van der Waals surface area contributed by atoms with Crippen molar-refractivity contribution in [3.05, 3.63) is 29.3 Å². The number of aryl methyl sites for hydroxylation is 1. The molecule has 0 fully saturated rings. The molecule has 0 saturated heterocycles. The van der Waals surface area contributed by atoms with Crippen LogP contribution in [0.3, 0.4) is 0 Å². The quantitative estimate of drug-likeness (QED) is 0.293. The van der Waals surface area contributed by atoms with E-state index in [9.17, 15) is 13.6 Å². The van der Waals surface area contributed by atoms with E-state index in [1.165, 1.54) is 6.07 Å². The van der Waals surface area contributed by atoms with Gasteiger partial charge in [0, 0.05) is 25.7 Å². The van der Waals surface area contributed by atoms with Crippen molar-refractivity contribution >= 4 is 35.8 Å². The minimum Gasteiger partial charge on any atom is -0.434 e. The molecule has 0 aliphatic rings. The van der Waals surface area contributed by atoms with Crippen LogP contribution in [0.4, 0.5) is 8.78 Å². The Hall–Kier alpha value is -1.65. The van der Waals surface area contributed by atoms with E-state index < -0.39 is 12.0 Å².